The number of rotatable bonds is 10. The molecular formula is C34H46N6O6. The Morgan fingerprint density at radius 1 is 1.07 bits per heavy atom. The van der Waals surface area contributed by atoms with E-state index in [2.05, 4.69) is 23.0 Å². The van der Waals surface area contributed by atoms with Gasteiger partial charge in [-0.2, -0.15) is 0 Å². The Labute approximate surface area is 269 Å². The first-order valence-corrected chi connectivity index (χ1v) is 16.1. The Morgan fingerprint density at radius 3 is 2.39 bits per heavy atom. The Hall–Kier alpha value is -4.32. The lowest BCUT2D eigenvalue weighted by molar-refractivity contribution is -0.148. The van der Waals surface area contributed by atoms with Crippen molar-refractivity contribution in [3.63, 3.8) is 0 Å². The maximum Gasteiger partial charge on any atom is 0.322 e. The largest absolute Gasteiger partial charge is 0.480 e. The van der Waals surface area contributed by atoms with Crippen molar-refractivity contribution in [1.29, 1.82) is 0 Å². The quantitative estimate of drug-likeness (QED) is 0.310. The molecule has 4 rings (SSSR count). The average Bonchev–Trinajstić information content (AvgIpc) is 3.05. The monoisotopic (exact) mass is 634 g/mol. The molecule has 12 heteroatoms. The lowest BCUT2D eigenvalue weighted by atomic mass is 9.76. The van der Waals surface area contributed by atoms with E-state index in [9.17, 15) is 29.1 Å². The minimum atomic E-state index is -1.04. The predicted octanol–water partition coefficient (Wildman–Crippen LogP) is 2.66. The average molecular weight is 635 g/mol. The van der Waals surface area contributed by atoms with Gasteiger partial charge in [0.25, 0.3) is 5.91 Å². The van der Waals surface area contributed by atoms with Crippen LogP contribution in [0.15, 0.2) is 36.4 Å². The third-order valence-corrected chi connectivity index (χ3v) is 9.00. The molecule has 12 nitrogen and oxygen atoms in total. The number of piperidine rings is 1. The van der Waals surface area contributed by atoms with Crippen molar-refractivity contribution in [2.75, 3.05) is 19.6 Å². The van der Waals surface area contributed by atoms with Gasteiger partial charge in [-0.15, -0.1) is 0 Å². The number of nitrogens with one attached hydrogen (secondary N) is 3. The highest BCUT2D eigenvalue weighted by Crippen LogP contribution is 2.35. The minimum absolute atomic E-state index is 0.0544. The van der Waals surface area contributed by atoms with Crippen LogP contribution >= 0.6 is 0 Å². The summed E-state index contributed by atoms with van der Waals surface area (Å²) in [5.41, 5.74) is 4.49. The number of carbonyl (C=O) groups excluding carboxylic acids is 4. The molecule has 0 aliphatic carbocycles. The van der Waals surface area contributed by atoms with Crippen molar-refractivity contribution >= 4 is 46.6 Å². The zero-order chi connectivity index (χ0) is 33.6. The number of nitrogens with zero attached hydrogens (tertiary/aromatic N) is 3. The third-order valence-electron chi connectivity index (χ3n) is 9.00. The van der Waals surface area contributed by atoms with Gasteiger partial charge in [-0.3, -0.25) is 34.0 Å². The standard InChI is InChI=1S/C34H46N6O6/c1-6-26-12-11-25-10-9-24(20-28(25)36-26)13-14-34(15-18-39(19-16-34)23(5)41)33(46)37-29(21(2)3)30(42)35-22(4)31(43)40-17-7-8-27(38-40)32(44)45/h9-14,20-22,27,29,38H,6-8,15-19H2,1-5H3,(H,35,42)(H,37,46)(H,44,45)/b14-13+. The molecule has 2 saturated heterocycles. The molecule has 248 valence electrons. The first kappa shape index (κ1) is 34.6. The number of hydrogen-bond donors (Lipinski definition) is 4. The van der Waals surface area contributed by atoms with Gasteiger partial charge in [0, 0.05) is 37.6 Å². The summed E-state index contributed by atoms with van der Waals surface area (Å²) < 4.78 is 0. The number of aromatic nitrogens is 1. The highest BCUT2D eigenvalue weighted by molar-refractivity contribution is 5.94. The van der Waals surface area contributed by atoms with Gasteiger partial charge in [0.15, 0.2) is 0 Å². The van der Waals surface area contributed by atoms with Crippen LogP contribution in [0.25, 0.3) is 17.0 Å². The topological polar surface area (TPSA) is 161 Å². The van der Waals surface area contributed by atoms with E-state index in [1.807, 2.05) is 56.3 Å². The number of pyridine rings is 1. The number of carboxylic acid groups (broad SMARTS) is 1. The molecule has 3 heterocycles. The van der Waals surface area contributed by atoms with E-state index in [0.29, 0.717) is 45.3 Å². The molecular weight excluding hydrogens is 588 g/mol. The summed E-state index contributed by atoms with van der Waals surface area (Å²) in [6.45, 7) is 9.86. The summed E-state index contributed by atoms with van der Waals surface area (Å²) in [6, 6.07) is 7.25. The molecule has 46 heavy (non-hydrogen) atoms. The summed E-state index contributed by atoms with van der Waals surface area (Å²) in [5, 5.41) is 17.3. The number of fused-ring (bicyclic) bond motifs is 1. The fourth-order valence-corrected chi connectivity index (χ4v) is 5.96. The summed E-state index contributed by atoms with van der Waals surface area (Å²) in [6.07, 6.45) is 6.30. The Morgan fingerprint density at radius 2 is 1.76 bits per heavy atom. The fourth-order valence-electron chi connectivity index (χ4n) is 5.96. The van der Waals surface area contributed by atoms with Crippen LogP contribution in [0.4, 0.5) is 0 Å². The maximum atomic E-state index is 14.1. The maximum absolute atomic E-state index is 14.1. The molecule has 3 atom stereocenters. The Bertz CT molecular complexity index is 1500. The van der Waals surface area contributed by atoms with Crippen molar-refractivity contribution in [1.82, 2.24) is 31.0 Å². The van der Waals surface area contributed by atoms with E-state index in [-0.39, 0.29) is 17.7 Å². The van der Waals surface area contributed by atoms with Gasteiger partial charge in [-0.25, -0.2) is 5.43 Å². The van der Waals surface area contributed by atoms with Crippen molar-refractivity contribution < 1.29 is 29.1 Å². The predicted molar refractivity (Wildman–Crippen MR) is 174 cm³/mol. The second kappa shape index (κ2) is 14.8. The Balaban J connectivity index is 1.52. The van der Waals surface area contributed by atoms with Crippen LogP contribution in [0.1, 0.15) is 71.6 Å². The first-order valence-electron chi connectivity index (χ1n) is 16.1. The van der Waals surface area contributed by atoms with Gasteiger partial charge in [-0.1, -0.05) is 51.1 Å². The van der Waals surface area contributed by atoms with E-state index in [0.717, 1.165) is 28.6 Å². The first-order chi connectivity index (χ1) is 21.8. The third kappa shape index (κ3) is 8.09. The zero-order valence-electron chi connectivity index (χ0n) is 27.3. The van der Waals surface area contributed by atoms with Crippen molar-refractivity contribution in [3.05, 3.63) is 47.7 Å². The number of hydrogen-bond acceptors (Lipinski definition) is 7. The van der Waals surface area contributed by atoms with E-state index < -0.39 is 41.3 Å². The van der Waals surface area contributed by atoms with E-state index in [1.54, 1.807) is 4.90 Å². The smallest absolute Gasteiger partial charge is 0.322 e. The number of benzene rings is 1. The molecule has 3 unspecified atom stereocenters. The van der Waals surface area contributed by atoms with Crippen molar-refractivity contribution in [2.45, 2.75) is 84.8 Å². The number of amides is 4. The number of carboxylic acids is 1. The molecule has 2 aliphatic heterocycles. The van der Waals surface area contributed by atoms with Gasteiger partial charge in [0.05, 0.1) is 10.9 Å². The molecule has 0 radical (unpaired) electrons. The second-order valence-corrected chi connectivity index (χ2v) is 12.7. The van der Waals surface area contributed by atoms with Crippen LogP contribution in [0.2, 0.25) is 0 Å². The van der Waals surface area contributed by atoms with E-state index in [4.69, 9.17) is 4.98 Å². The van der Waals surface area contributed by atoms with E-state index >= 15 is 0 Å². The molecule has 2 aliphatic rings. The fraction of sp³-hybridized carbons (Fsp3) is 0.529. The molecule has 2 aromatic rings. The lowest BCUT2D eigenvalue weighted by Gasteiger charge is -2.39. The number of carbonyl (C=O) groups is 5. The van der Waals surface area contributed by atoms with Gasteiger partial charge in [-0.05, 0) is 62.6 Å². The van der Waals surface area contributed by atoms with Gasteiger partial charge in [0.1, 0.15) is 18.1 Å². The van der Waals surface area contributed by atoms with Crippen LogP contribution in [0.5, 0.6) is 0 Å². The number of aryl methyl sites for hydroxylation is 1. The molecule has 1 aromatic heterocycles. The van der Waals surface area contributed by atoms with Crippen LogP contribution < -0.4 is 16.1 Å². The minimum Gasteiger partial charge on any atom is -0.480 e. The SMILES string of the molecule is CCc1ccc2ccc(/C=C/C3(C(=O)NC(C(=O)NC(C)C(=O)N4CCCC(C(=O)O)N4)C(C)C)CCN(C(C)=O)CC3)cc2n1. The Kier molecular flexibility index (Phi) is 11.2. The normalized spacial score (nSPS) is 19.6. The molecule has 0 saturated carbocycles. The molecule has 0 bridgehead atoms. The zero-order valence-corrected chi connectivity index (χ0v) is 27.3. The van der Waals surface area contributed by atoms with Gasteiger partial charge in [0.2, 0.25) is 17.7 Å². The number of hydrazine groups is 1. The highest BCUT2D eigenvalue weighted by atomic mass is 16.4. The van der Waals surface area contributed by atoms with Gasteiger partial charge >= 0.3 is 5.97 Å². The number of aliphatic carboxylic acids is 1. The highest BCUT2D eigenvalue weighted by Gasteiger charge is 2.42. The molecule has 1 aromatic carbocycles. The second-order valence-electron chi connectivity index (χ2n) is 12.7. The van der Waals surface area contributed by atoms with Gasteiger partial charge < -0.3 is 20.6 Å². The summed E-state index contributed by atoms with van der Waals surface area (Å²) in [7, 11) is 0. The molecule has 4 N–H and O–H groups in total. The molecule has 0 spiro atoms. The summed E-state index contributed by atoms with van der Waals surface area (Å²) in [4.78, 5) is 70.6. The van der Waals surface area contributed by atoms with Crippen molar-refractivity contribution in [3.8, 4) is 0 Å². The van der Waals surface area contributed by atoms with E-state index in [1.165, 1.54) is 18.9 Å². The van der Waals surface area contributed by atoms with Crippen LogP contribution in [0.3, 0.4) is 0 Å². The molecule has 4 amide bonds. The van der Waals surface area contributed by atoms with Crippen LogP contribution in [-0.2, 0) is 30.4 Å². The lowest BCUT2D eigenvalue weighted by Crippen LogP contribution is -2.61. The number of likely N-dealkylation sites (tertiary alicyclic amines) is 1. The van der Waals surface area contributed by atoms with Crippen LogP contribution in [-0.4, -0.2) is 87.4 Å². The van der Waals surface area contributed by atoms with Crippen molar-refractivity contribution in [2.24, 2.45) is 11.3 Å². The molecule has 2 fully saturated rings. The summed E-state index contributed by atoms with van der Waals surface area (Å²) >= 11 is 0. The van der Waals surface area contributed by atoms with Crippen LogP contribution in [0, 0.1) is 11.3 Å². The summed E-state index contributed by atoms with van der Waals surface area (Å²) in [5.74, 6) is -2.69.